The first-order valence-corrected chi connectivity index (χ1v) is 7.67. The second-order valence-corrected chi connectivity index (χ2v) is 6.00. The van der Waals surface area contributed by atoms with E-state index in [2.05, 4.69) is 0 Å². The monoisotopic (exact) mass is 344 g/mol. The number of rotatable bonds is 4. The summed E-state index contributed by atoms with van der Waals surface area (Å²) in [5, 5.41) is 0. The summed E-state index contributed by atoms with van der Waals surface area (Å²) in [6.07, 6.45) is 0. The fourth-order valence-electron chi connectivity index (χ4n) is 1.75. The number of halogens is 2. The highest BCUT2D eigenvalue weighted by Crippen LogP contribution is 2.28. The van der Waals surface area contributed by atoms with Crippen LogP contribution in [0.2, 0.25) is 0 Å². The van der Waals surface area contributed by atoms with Gasteiger partial charge >= 0.3 is 10.4 Å². The summed E-state index contributed by atoms with van der Waals surface area (Å²) in [4.78, 5) is 0. The van der Waals surface area contributed by atoms with Crippen molar-refractivity contribution in [3.8, 4) is 11.5 Å². The highest BCUT2D eigenvalue weighted by Gasteiger charge is 2.20. The van der Waals surface area contributed by atoms with E-state index in [4.69, 9.17) is 19.8 Å². The van der Waals surface area contributed by atoms with Gasteiger partial charge in [-0.1, -0.05) is 0 Å². The topological polar surface area (TPSA) is 105 Å². The van der Waals surface area contributed by atoms with E-state index in [-0.39, 0.29) is 34.0 Å². The highest BCUT2D eigenvalue weighted by atomic mass is 32.3. The van der Waals surface area contributed by atoms with Gasteiger partial charge in [-0.2, -0.15) is 0 Å². The van der Waals surface area contributed by atoms with Gasteiger partial charge in [-0.25, -0.2) is 8.78 Å². The molecule has 124 valence electrons. The fraction of sp³-hybridized carbons (Fsp3) is 0.143. The SMILES string of the molecule is Cc1cc(F)c(N)cc1OS(=O)(=O)Oc1cc(N)c(F)cc1C. The standard InChI is InChI=1S/C14H14F2N2O4S/c1-7-3-9(15)11(17)5-13(7)21-23(19,20)22-14-6-12(18)10(16)4-8(14)2/h3-6H,17-18H2,1-2H3. The molecule has 0 radical (unpaired) electrons. The van der Waals surface area contributed by atoms with Crippen molar-refractivity contribution in [1.29, 1.82) is 0 Å². The molecule has 4 N–H and O–H groups in total. The maximum atomic E-state index is 13.3. The number of aryl methyl sites for hydroxylation is 2. The molecule has 6 nitrogen and oxygen atoms in total. The van der Waals surface area contributed by atoms with Crippen molar-refractivity contribution >= 4 is 21.8 Å². The van der Waals surface area contributed by atoms with Crippen molar-refractivity contribution in [2.75, 3.05) is 11.5 Å². The van der Waals surface area contributed by atoms with Crippen LogP contribution >= 0.6 is 0 Å². The number of benzene rings is 2. The first-order chi connectivity index (χ1) is 10.6. The van der Waals surface area contributed by atoms with Gasteiger partial charge in [0, 0.05) is 12.1 Å². The third-order valence-electron chi connectivity index (χ3n) is 2.97. The summed E-state index contributed by atoms with van der Waals surface area (Å²) in [5.74, 6) is -1.76. The Hall–Kier alpha value is -2.55. The van der Waals surface area contributed by atoms with Crippen molar-refractivity contribution in [2.45, 2.75) is 13.8 Å². The molecule has 0 atom stereocenters. The van der Waals surface area contributed by atoms with Gasteiger partial charge in [0.05, 0.1) is 11.4 Å². The first-order valence-electron chi connectivity index (χ1n) is 6.34. The summed E-state index contributed by atoms with van der Waals surface area (Å²) in [6, 6.07) is 4.11. The van der Waals surface area contributed by atoms with Gasteiger partial charge in [-0.3, -0.25) is 0 Å². The van der Waals surface area contributed by atoms with Crippen LogP contribution in [-0.2, 0) is 10.4 Å². The summed E-state index contributed by atoms with van der Waals surface area (Å²) >= 11 is 0. The fourth-order valence-corrected chi connectivity index (χ4v) is 2.59. The predicted molar refractivity (Wildman–Crippen MR) is 81.3 cm³/mol. The lowest BCUT2D eigenvalue weighted by Gasteiger charge is -2.12. The van der Waals surface area contributed by atoms with Gasteiger partial charge in [0.25, 0.3) is 0 Å². The van der Waals surface area contributed by atoms with E-state index in [0.717, 1.165) is 24.3 Å². The largest absolute Gasteiger partial charge is 0.501 e. The zero-order chi connectivity index (χ0) is 17.4. The molecule has 23 heavy (non-hydrogen) atoms. The number of hydrogen-bond donors (Lipinski definition) is 2. The lowest BCUT2D eigenvalue weighted by Crippen LogP contribution is -2.18. The highest BCUT2D eigenvalue weighted by molar-refractivity contribution is 7.82. The van der Waals surface area contributed by atoms with Gasteiger partial charge in [-0.05, 0) is 37.1 Å². The van der Waals surface area contributed by atoms with Crippen LogP contribution in [0.5, 0.6) is 11.5 Å². The first kappa shape index (κ1) is 16.8. The Balaban J connectivity index is 2.30. The molecule has 0 spiro atoms. The average molecular weight is 344 g/mol. The Kier molecular flexibility index (Phi) is 4.33. The molecule has 2 aromatic carbocycles. The molecule has 2 aromatic rings. The summed E-state index contributed by atoms with van der Waals surface area (Å²) < 4.78 is 60.0. The van der Waals surface area contributed by atoms with Crippen LogP contribution in [0, 0.1) is 25.5 Å². The molecule has 2 rings (SSSR count). The predicted octanol–water partition coefficient (Wildman–Crippen LogP) is 2.45. The van der Waals surface area contributed by atoms with Crippen molar-refractivity contribution in [3.05, 3.63) is 47.0 Å². The Morgan fingerprint density at radius 1 is 0.826 bits per heavy atom. The number of nitrogen functional groups attached to an aromatic ring is 2. The van der Waals surface area contributed by atoms with E-state index >= 15 is 0 Å². The molecule has 0 saturated heterocycles. The number of nitrogens with two attached hydrogens (primary N) is 2. The molecular formula is C14H14F2N2O4S. The minimum atomic E-state index is -4.55. The van der Waals surface area contributed by atoms with Crippen LogP contribution in [0.3, 0.4) is 0 Å². The quantitative estimate of drug-likeness (QED) is 0.826. The zero-order valence-electron chi connectivity index (χ0n) is 12.3. The zero-order valence-corrected chi connectivity index (χ0v) is 13.1. The van der Waals surface area contributed by atoms with Crippen LogP contribution < -0.4 is 19.8 Å². The van der Waals surface area contributed by atoms with Crippen LogP contribution in [0.1, 0.15) is 11.1 Å². The molecule has 0 fully saturated rings. The number of anilines is 2. The lowest BCUT2D eigenvalue weighted by molar-refractivity contribution is 0.390. The molecule has 9 heteroatoms. The van der Waals surface area contributed by atoms with Gasteiger partial charge in [0.2, 0.25) is 0 Å². The van der Waals surface area contributed by atoms with Crippen LogP contribution in [0.25, 0.3) is 0 Å². The van der Waals surface area contributed by atoms with Crippen molar-refractivity contribution in [2.24, 2.45) is 0 Å². The molecule has 0 aliphatic rings. The molecule has 0 bridgehead atoms. The van der Waals surface area contributed by atoms with Gasteiger partial charge in [0.15, 0.2) is 11.5 Å². The van der Waals surface area contributed by atoms with E-state index in [0.29, 0.717) is 0 Å². The smallest absolute Gasteiger partial charge is 0.396 e. The Labute approximate surface area is 131 Å². The molecule has 0 unspecified atom stereocenters. The van der Waals surface area contributed by atoms with E-state index in [1.165, 1.54) is 13.8 Å². The van der Waals surface area contributed by atoms with Crippen LogP contribution in [-0.4, -0.2) is 8.42 Å². The van der Waals surface area contributed by atoms with Crippen molar-refractivity contribution in [3.63, 3.8) is 0 Å². The summed E-state index contributed by atoms with van der Waals surface area (Å²) in [7, 11) is -4.55. The molecule has 0 saturated carbocycles. The third-order valence-corrected chi connectivity index (χ3v) is 3.74. The van der Waals surface area contributed by atoms with Gasteiger partial charge < -0.3 is 19.8 Å². The van der Waals surface area contributed by atoms with Crippen LogP contribution in [0.4, 0.5) is 20.2 Å². The Morgan fingerprint density at radius 2 is 1.17 bits per heavy atom. The molecular weight excluding hydrogens is 330 g/mol. The van der Waals surface area contributed by atoms with Crippen molar-refractivity contribution in [1.82, 2.24) is 0 Å². The van der Waals surface area contributed by atoms with E-state index in [1.807, 2.05) is 0 Å². The second kappa shape index (κ2) is 5.92. The molecule has 0 heterocycles. The second-order valence-electron chi connectivity index (χ2n) is 4.85. The number of hydrogen-bond acceptors (Lipinski definition) is 6. The van der Waals surface area contributed by atoms with Crippen molar-refractivity contribution < 1.29 is 25.6 Å². The summed E-state index contributed by atoms with van der Waals surface area (Å²) in [5.41, 5.74) is 10.6. The van der Waals surface area contributed by atoms with E-state index < -0.39 is 22.0 Å². The Morgan fingerprint density at radius 3 is 1.52 bits per heavy atom. The van der Waals surface area contributed by atoms with Gasteiger partial charge in [0.1, 0.15) is 11.6 Å². The maximum absolute atomic E-state index is 13.3. The minimum absolute atomic E-state index is 0.184. The molecule has 0 aliphatic carbocycles. The Bertz CT molecular complexity index is 804. The molecule has 0 aliphatic heterocycles. The summed E-state index contributed by atoms with van der Waals surface area (Å²) in [6.45, 7) is 2.88. The third kappa shape index (κ3) is 3.81. The van der Waals surface area contributed by atoms with E-state index in [1.54, 1.807) is 0 Å². The normalized spacial score (nSPS) is 11.3. The van der Waals surface area contributed by atoms with Gasteiger partial charge in [-0.15, -0.1) is 8.42 Å². The molecule has 0 amide bonds. The maximum Gasteiger partial charge on any atom is 0.501 e. The average Bonchev–Trinajstić information content (AvgIpc) is 2.41. The molecule has 0 aromatic heterocycles. The van der Waals surface area contributed by atoms with Crippen LogP contribution in [0.15, 0.2) is 24.3 Å². The lowest BCUT2D eigenvalue weighted by atomic mass is 10.2. The van der Waals surface area contributed by atoms with E-state index in [9.17, 15) is 17.2 Å². The minimum Gasteiger partial charge on any atom is -0.396 e.